The topological polar surface area (TPSA) is 51.1 Å². The van der Waals surface area contributed by atoms with Crippen LogP contribution < -0.4 is 4.74 Å². The number of pyridine rings is 1. The summed E-state index contributed by atoms with van der Waals surface area (Å²) in [4.78, 5) is 16.1. The van der Waals surface area contributed by atoms with Crippen molar-refractivity contribution >= 4 is 0 Å². The number of hydrogen-bond acceptors (Lipinski definition) is 5. The Bertz CT molecular complexity index is 709. The first-order chi connectivity index (χ1) is 11.5. The number of ether oxygens (including phenoxy) is 1. The van der Waals surface area contributed by atoms with Crippen LogP contribution in [-0.2, 0) is 24.9 Å². The first kappa shape index (κ1) is 16.8. The van der Waals surface area contributed by atoms with Crippen LogP contribution in [0.3, 0.4) is 0 Å². The van der Waals surface area contributed by atoms with E-state index in [1.807, 2.05) is 19.2 Å². The SMILES string of the molecule is CCOc1ncccc1CN1CCc2nc(C(C)(C)C)ncc2C1. The molecule has 0 aromatic carbocycles. The Morgan fingerprint density at radius 2 is 2.08 bits per heavy atom. The molecule has 2 aromatic rings. The second kappa shape index (κ2) is 6.85. The van der Waals surface area contributed by atoms with Crippen molar-refractivity contribution in [3.8, 4) is 5.88 Å². The summed E-state index contributed by atoms with van der Waals surface area (Å²) in [6.07, 6.45) is 4.74. The van der Waals surface area contributed by atoms with E-state index in [0.717, 1.165) is 43.3 Å². The summed E-state index contributed by atoms with van der Waals surface area (Å²) in [5.74, 6) is 1.67. The number of fused-ring (bicyclic) bond motifs is 1. The highest BCUT2D eigenvalue weighted by Gasteiger charge is 2.23. The van der Waals surface area contributed by atoms with E-state index in [9.17, 15) is 0 Å². The van der Waals surface area contributed by atoms with Gasteiger partial charge in [-0.3, -0.25) is 4.90 Å². The van der Waals surface area contributed by atoms with E-state index in [2.05, 4.69) is 41.7 Å². The lowest BCUT2D eigenvalue weighted by atomic mass is 9.95. The first-order valence-electron chi connectivity index (χ1n) is 8.61. The minimum absolute atomic E-state index is 0.00569. The van der Waals surface area contributed by atoms with Gasteiger partial charge >= 0.3 is 0 Å². The van der Waals surface area contributed by atoms with Gasteiger partial charge in [-0.05, 0) is 13.0 Å². The highest BCUT2D eigenvalue weighted by atomic mass is 16.5. The van der Waals surface area contributed by atoms with Gasteiger partial charge < -0.3 is 4.74 Å². The summed E-state index contributed by atoms with van der Waals surface area (Å²) in [6, 6.07) is 4.06. The molecule has 3 rings (SSSR count). The minimum Gasteiger partial charge on any atom is -0.478 e. The van der Waals surface area contributed by atoms with E-state index < -0.39 is 0 Å². The van der Waals surface area contributed by atoms with Crippen LogP contribution in [0.5, 0.6) is 5.88 Å². The van der Waals surface area contributed by atoms with Gasteiger partial charge in [0, 0.05) is 60.7 Å². The Morgan fingerprint density at radius 1 is 1.25 bits per heavy atom. The maximum atomic E-state index is 5.64. The largest absolute Gasteiger partial charge is 0.478 e. The van der Waals surface area contributed by atoms with Crippen molar-refractivity contribution in [2.75, 3.05) is 13.2 Å². The van der Waals surface area contributed by atoms with E-state index in [1.54, 1.807) is 6.20 Å². The molecule has 3 heterocycles. The normalized spacial score (nSPS) is 15.2. The molecule has 0 atom stereocenters. The number of hydrogen-bond donors (Lipinski definition) is 0. The quantitative estimate of drug-likeness (QED) is 0.864. The third-order valence-electron chi connectivity index (χ3n) is 4.21. The first-order valence-corrected chi connectivity index (χ1v) is 8.61. The number of nitrogens with zero attached hydrogens (tertiary/aromatic N) is 4. The fraction of sp³-hybridized carbons (Fsp3) is 0.526. The van der Waals surface area contributed by atoms with Crippen molar-refractivity contribution in [1.82, 2.24) is 19.9 Å². The molecule has 128 valence electrons. The summed E-state index contributed by atoms with van der Waals surface area (Å²) in [6.45, 7) is 11.8. The zero-order chi connectivity index (χ0) is 17.2. The van der Waals surface area contributed by atoms with E-state index >= 15 is 0 Å². The molecule has 0 radical (unpaired) electrons. The lowest BCUT2D eigenvalue weighted by Crippen LogP contribution is -2.32. The molecule has 0 bridgehead atoms. The molecular weight excluding hydrogens is 300 g/mol. The molecule has 2 aromatic heterocycles. The summed E-state index contributed by atoms with van der Waals surface area (Å²) < 4.78 is 5.64. The zero-order valence-corrected chi connectivity index (χ0v) is 15.0. The van der Waals surface area contributed by atoms with Crippen molar-refractivity contribution in [3.63, 3.8) is 0 Å². The number of aromatic nitrogens is 3. The van der Waals surface area contributed by atoms with Gasteiger partial charge in [0.1, 0.15) is 5.82 Å². The number of rotatable bonds is 4. The van der Waals surface area contributed by atoms with Crippen molar-refractivity contribution in [2.45, 2.75) is 52.6 Å². The molecule has 1 aliphatic rings. The molecule has 0 spiro atoms. The lowest BCUT2D eigenvalue weighted by Gasteiger charge is -2.29. The second-order valence-corrected chi connectivity index (χ2v) is 7.28. The minimum atomic E-state index is -0.00569. The molecule has 0 unspecified atom stereocenters. The van der Waals surface area contributed by atoms with Gasteiger partial charge in [-0.2, -0.15) is 0 Å². The van der Waals surface area contributed by atoms with Crippen LogP contribution in [0.2, 0.25) is 0 Å². The Morgan fingerprint density at radius 3 is 2.83 bits per heavy atom. The third kappa shape index (κ3) is 3.73. The molecular formula is C19H26N4O. The maximum Gasteiger partial charge on any atom is 0.217 e. The Labute approximate surface area is 144 Å². The van der Waals surface area contributed by atoms with Gasteiger partial charge in [0.15, 0.2) is 0 Å². The van der Waals surface area contributed by atoms with Crippen molar-refractivity contribution in [1.29, 1.82) is 0 Å². The Balaban J connectivity index is 1.74. The van der Waals surface area contributed by atoms with Gasteiger partial charge in [-0.25, -0.2) is 15.0 Å². The molecule has 5 heteroatoms. The van der Waals surface area contributed by atoms with Gasteiger partial charge in [0.05, 0.1) is 6.61 Å². The van der Waals surface area contributed by atoms with E-state index in [0.29, 0.717) is 6.61 Å². The highest BCUT2D eigenvalue weighted by molar-refractivity contribution is 5.27. The molecule has 0 saturated carbocycles. The molecule has 24 heavy (non-hydrogen) atoms. The van der Waals surface area contributed by atoms with Crippen LogP contribution in [0.1, 0.15) is 50.3 Å². The van der Waals surface area contributed by atoms with Crippen LogP contribution in [0.15, 0.2) is 24.5 Å². The zero-order valence-electron chi connectivity index (χ0n) is 15.0. The maximum absolute atomic E-state index is 5.64. The molecule has 0 saturated heterocycles. The Kier molecular flexibility index (Phi) is 4.81. The summed E-state index contributed by atoms with van der Waals surface area (Å²) in [5, 5.41) is 0. The fourth-order valence-electron chi connectivity index (χ4n) is 2.92. The van der Waals surface area contributed by atoms with Gasteiger partial charge in [-0.15, -0.1) is 0 Å². The molecule has 0 N–H and O–H groups in total. The van der Waals surface area contributed by atoms with E-state index in [4.69, 9.17) is 9.72 Å². The lowest BCUT2D eigenvalue weighted by molar-refractivity contribution is 0.234. The predicted molar refractivity (Wildman–Crippen MR) is 94.0 cm³/mol. The average molecular weight is 326 g/mol. The predicted octanol–water partition coefficient (Wildman–Crippen LogP) is 3.13. The third-order valence-corrected chi connectivity index (χ3v) is 4.21. The Hall–Kier alpha value is -2.01. The van der Waals surface area contributed by atoms with Crippen LogP contribution in [-0.4, -0.2) is 33.0 Å². The molecule has 5 nitrogen and oxygen atoms in total. The highest BCUT2D eigenvalue weighted by Crippen LogP contribution is 2.24. The van der Waals surface area contributed by atoms with Crippen LogP contribution in [0.4, 0.5) is 0 Å². The summed E-state index contributed by atoms with van der Waals surface area (Å²) in [5.41, 5.74) is 3.56. The van der Waals surface area contributed by atoms with Crippen molar-refractivity contribution in [3.05, 3.63) is 47.2 Å². The van der Waals surface area contributed by atoms with E-state index in [1.165, 1.54) is 11.3 Å². The van der Waals surface area contributed by atoms with Crippen LogP contribution in [0.25, 0.3) is 0 Å². The van der Waals surface area contributed by atoms with Crippen LogP contribution >= 0.6 is 0 Å². The van der Waals surface area contributed by atoms with Gasteiger partial charge in [0.25, 0.3) is 0 Å². The van der Waals surface area contributed by atoms with Gasteiger partial charge in [-0.1, -0.05) is 26.8 Å². The van der Waals surface area contributed by atoms with Crippen LogP contribution in [0, 0.1) is 0 Å². The van der Waals surface area contributed by atoms with Crippen molar-refractivity contribution < 1.29 is 4.74 Å². The summed E-state index contributed by atoms with van der Waals surface area (Å²) in [7, 11) is 0. The monoisotopic (exact) mass is 326 g/mol. The summed E-state index contributed by atoms with van der Waals surface area (Å²) >= 11 is 0. The average Bonchev–Trinajstić information content (AvgIpc) is 2.55. The molecule has 0 aliphatic carbocycles. The fourth-order valence-corrected chi connectivity index (χ4v) is 2.92. The van der Waals surface area contributed by atoms with E-state index in [-0.39, 0.29) is 5.41 Å². The molecule has 0 amide bonds. The van der Waals surface area contributed by atoms with Crippen molar-refractivity contribution in [2.24, 2.45) is 0 Å². The molecule has 0 fully saturated rings. The molecule has 1 aliphatic heterocycles. The van der Waals surface area contributed by atoms with Gasteiger partial charge in [0.2, 0.25) is 5.88 Å². The smallest absolute Gasteiger partial charge is 0.217 e. The second-order valence-electron chi connectivity index (χ2n) is 7.28. The standard InChI is InChI=1S/C19H26N4O/c1-5-24-17-14(7-6-9-20-17)12-23-10-8-16-15(13-23)11-21-18(22-16)19(2,3)4/h6-7,9,11H,5,8,10,12-13H2,1-4H3.